The second-order valence-electron chi connectivity index (χ2n) is 4.73. The van der Waals surface area contributed by atoms with Crippen molar-refractivity contribution in [1.29, 1.82) is 0 Å². The summed E-state index contributed by atoms with van der Waals surface area (Å²) in [5.41, 5.74) is 6.10. The number of hydrogen-bond acceptors (Lipinski definition) is 4. The van der Waals surface area contributed by atoms with Gasteiger partial charge in [-0.3, -0.25) is 4.79 Å². The molecule has 2 rings (SSSR count). The van der Waals surface area contributed by atoms with Crippen molar-refractivity contribution < 1.29 is 13.2 Å². The Morgan fingerprint density at radius 3 is 2.80 bits per heavy atom. The van der Waals surface area contributed by atoms with Crippen LogP contribution in [0.5, 0.6) is 0 Å². The number of halogens is 1. The molecule has 0 saturated carbocycles. The monoisotopic (exact) mass is 361 g/mol. The van der Waals surface area contributed by atoms with Crippen molar-refractivity contribution in [3.05, 3.63) is 22.7 Å². The molecule has 1 aliphatic heterocycles. The summed E-state index contributed by atoms with van der Waals surface area (Å²) < 4.78 is 27.0. The molecule has 1 amide bonds. The number of amides is 1. The summed E-state index contributed by atoms with van der Waals surface area (Å²) >= 11 is 3.24. The third-order valence-corrected chi connectivity index (χ3v) is 5.75. The van der Waals surface area contributed by atoms with Gasteiger partial charge in [-0.2, -0.15) is 4.31 Å². The van der Waals surface area contributed by atoms with Gasteiger partial charge in [-0.15, -0.1) is 0 Å². The highest BCUT2D eigenvalue weighted by Crippen LogP contribution is 2.26. The first-order chi connectivity index (χ1) is 9.30. The quantitative estimate of drug-likeness (QED) is 0.783. The number of hydrogen-bond donors (Lipinski definition) is 2. The molecule has 20 heavy (non-hydrogen) atoms. The molecule has 3 N–H and O–H groups in total. The molecule has 0 bridgehead atoms. The van der Waals surface area contributed by atoms with E-state index in [9.17, 15) is 13.2 Å². The van der Waals surface area contributed by atoms with Crippen molar-refractivity contribution in [2.75, 3.05) is 18.8 Å². The van der Waals surface area contributed by atoms with E-state index < -0.39 is 10.0 Å². The van der Waals surface area contributed by atoms with E-state index in [1.54, 1.807) is 6.07 Å². The van der Waals surface area contributed by atoms with E-state index in [1.165, 1.54) is 23.4 Å². The van der Waals surface area contributed by atoms with Gasteiger partial charge in [-0.05, 0) is 40.5 Å². The molecular weight excluding hydrogens is 346 g/mol. The third kappa shape index (κ3) is 3.13. The highest BCUT2D eigenvalue weighted by Gasteiger charge is 2.33. The number of benzene rings is 1. The Morgan fingerprint density at radius 1 is 1.50 bits per heavy atom. The van der Waals surface area contributed by atoms with E-state index in [-0.39, 0.29) is 23.4 Å². The summed E-state index contributed by atoms with van der Waals surface area (Å²) in [4.78, 5) is 11.2. The van der Waals surface area contributed by atoms with Crippen LogP contribution in [0.25, 0.3) is 0 Å². The number of nitrogen functional groups attached to an aromatic ring is 1. The van der Waals surface area contributed by atoms with Crippen LogP contribution in [0.2, 0.25) is 0 Å². The highest BCUT2D eigenvalue weighted by atomic mass is 79.9. The van der Waals surface area contributed by atoms with E-state index in [0.717, 1.165) is 0 Å². The number of nitrogens with zero attached hydrogens (tertiary/aromatic N) is 1. The molecule has 0 aromatic heterocycles. The van der Waals surface area contributed by atoms with Gasteiger partial charge in [-0.25, -0.2) is 8.42 Å². The molecule has 6 nitrogen and oxygen atoms in total. The van der Waals surface area contributed by atoms with Crippen LogP contribution in [0.1, 0.15) is 13.3 Å². The molecule has 1 aromatic rings. The predicted octanol–water partition coefficient (Wildman–Crippen LogP) is 0.930. The molecule has 1 heterocycles. The lowest BCUT2D eigenvalue weighted by Crippen LogP contribution is -2.37. The van der Waals surface area contributed by atoms with Gasteiger partial charge in [0.25, 0.3) is 0 Å². The second-order valence-corrected chi connectivity index (χ2v) is 7.52. The first-order valence-electron chi connectivity index (χ1n) is 6.13. The van der Waals surface area contributed by atoms with Crippen LogP contribution in [0.4, 0.5) is 5.69 Å². The van der Waals surface area contributed by atoms with Crippen molar-refractivity contribution in [3.8, 4) is 0 Å². The fourth-order valence-electron chi connectivity index (χ4n) is 2.18. The van der Waals surface area contributed by atoms with Crippen LogP contribution < -0.4 is 11.1 Å². The molecule has 1 aromatic carbocycles. The van der Waals surface area contributed by atoms with Crippen molar-refractivity contribution in [1.82, 2.24) is 9.62 Å². The standard InChI is InChI=1S/C12H16BrN3O3S/c1-8(17)15-9-4-5-16(7-9)20(18,19)10-2-3-11(13)12(14)6-10/h2-3,6,9H,4-5,7,14H2,1H3,(H,15,17). The highest BCUT2D eigenvalue weighted by molar-refractivity contribution is 9.10. The normalized spacial score (nSPS) is 20.0. The van der Waals surface area contributed by atoms with Crippen LogP contribution in [-0.4, -0.2) is 37.8 Å². The summed E-state index contributed by atoms with van der Waals surface area (Å²) in [5, 5.41) is 2.74. The van der Waals surface area contributed by atoms with E-state index in [1.807, 2.05) is 0 Å². The first kappa shape index (κ1) is 15.3. The van der Waals surface area contributed by atoms with Gasteiger partial charge in [0.1, 0.15) is 0 Å². The summed E-state index contributed by atoms with van der Waals surface area (Å²) in [5.74, 6) is -0.151. The maximum atomic E-state index is 12.5. The summed E-state index contributed by atoms with van der Waals surface area (Å²) in [6, 6.07) is 4.44. The summed E-state index contributed by atoms with van der Waals surface area (Å²) in [6.45, 7) is 2.10. The summed E-state index contributed by atoms with van der Waals surface area (Å²) in [6.07, 6.45) is 0.616. The minimum Gasteiger partial charge on any atom is -0.398 e. The van der Waals surface area contributed by atoms with E-state index in [2.05, 4.69) is 21.2 Å². The zero-order chi connectivity index (χ0) is 14.9. The number of nitrogens with one attached hydrogen (secondary N) is 1. The Kier molecular flexibility index (Phi) is 4.36. The number of nitrogens with two attached hydrogens (primary N) is 1. The number of anilines is 1. The fraction of sp³-hybridized carbons (Fsp3) is 0.417. The van der Waals surface area contributed by atoms with Gasteiger partial charge in [0.2, 0.25) is 15.9 Å². The Morgan fingerprint density at radius 2 is 2.20 bits per heavy atom. The summed E-state index contributed by atoms with van der Waals surface area (Å²) in [7, 11) is -3.57. The van der Waals surface area contributed by atoms with E-state index in [4.69, 9.17) is 5.73 Å². The van der Waals surface area contributed by atoms with Gasteiger partial charge < -0.3 is 11.1 Å². The minimum atomic E-state index is -3.57. The number of carbonyl (C=O) groups is 1. The largest absolute Gasteiger partial charge is 0.398 e. The molecule has 1 fully saturated rings. The minimum absolute atomic E-state index is 0.130. The zero-order valence-electron chi connectivity index (χ0n) is 11.0. The van der Waals surface area contributed by atoms with Crippen molar-refractivity contribution >= 4 is 37.5 Å². The topological polar surface area (TPSA) is 92.5 Å². The van der Waals surface area contributed by atoms with Crippen LogP contribution in [0, 0.1) is 0 Å². The smallest absolute Gasteiger partial charge is 0.243 e. The first-order valence-corrected chi connectivity index (χ1v) is 8.36. The van der Waals surface area contributed by atoms with Crippen molar-refractivity contribution in [2.45, 2.75) is 24.3 Å². The SMILES string of the molecule is CC(=O)NC1CCN(S(=O)(=O)c2ccc(Br)c(N)c2)C1. The molecule has 1 saturated heterocycles. The molecule has 8 heteroatoms. The maximum absolute atomic E-state index is 12.5. The predicted molar refractivity (Wildman–Crippen MR) is 79.5 cm³/mol. The molecule has 0 radical (unpaired) electrons. The Balaban J connectivity index is 2.19. The van der Waals surface area contributed by atoms with Gasteiger partial charge in [0.15, 0.2) is 0 Å². The average molecular weight is 362 g/mol. The van der Waals surface area contributed by atoms with Gasteiger partial charge in [-0.1, -0.05) is 0 Å². The molecular formula is C12H16BrN3O3S. The molecule has 0 spiro atoms. The Bertz CT molecular complexity index is 633. The molecule has 1 aliphatic rings. The Hall–Kier alpha value is -1.12. The van der Waals surface area contributed by atoms with Gasteiger partial charge >= 0.3 is 0 Å². The number of carbonyl (C=O) groups excluding carboxylic acids is 1. The van der Waals surface area contributed by atoms with Gasteiger partial charge in [0, 0.05) is 36.2 Å². The maximum Gasteiger partial charge on any atom is 0.243 e. The third-order valence-electron chi connectivity index (χ3n) is 3.16. The van der Waals surface area contributed by atoms with E-state index >= 15 is 0 Å². The second kappa shape index (κ2) is 5.71. The van der Waals surface area contributed by atoms with Crippen LogP contribution in [-0.2, 0) is 14.8 Å². The van der Waals surface area contributed by atoms with Crippen LogP contribution in [0.15, 0.2) is 27.6 Å². The lowest BCUT2D eigenvalue weighted by molar-refractivity contribution is -0.119. The van der Waals surface area contributed by atoms with Gasteiger partial charge in [0.05, 0.1) is 4.90 Å². The lowest BCUT2D eigenvalue weighted by atomic mass is 10.3. The zero-order valence-corrected chi connectivity index (χ0v) is 13.4. The van der Waals surface area contributed by atoms with E-state index in [0.29, 0.717) is 23.1 Å². The molecule has 1 atom stereocenters. The number of rotatable bonds is 3. The molecule has 110 valence electrons. The number of sulfonamides is 1. The molecule has 1 unspecified atom stereocenters. The van der Waals surface area contributed by atoms with Crippen molar-refractivity contribution in [2.24, 2.45) is 0 Å². The lowest BCUT2D eigenvalue weighted by Gasteiger charge is -2.17. The van der Waals surface area contributed by atoms with Crippen LogP contribution in [0.3, 0.4) is 0 Å². The Labute approximate surface area is 126 Å². The fourth-order valence-corrected chi connectivity index (χ4v) is 3.97. The average Bonchev–Trinajstić information content (AvgIpc) is 2.80. The molecule has 0 aliphatic carbocycles. The van der Waals surface area contributed by atoms with Crippen molar-refractivity contribution in [3.63, 3.8) is 0 Å². The van der Waals surface area contributed by atoms with Crippen LogP contribution >= 0.6 is 15.9 Å².